The van der Waals surface area contributed by atoms with Gasteiger partial charge in [0.1, 0.15) is 0 Å². The molecule has 0 atom stereocenters. The fourth-order valence-corrected chi connectivity index (χ4v) is 3.86. The molecule has 6 heteroatoms. The topological polar surface area (TPSA) is 80.4 Å². The summed E-state index contributed by atoms with van der Waals surface area (Å²) in [4.78, 5) is -0.183. The lowest BCUT2D eigenvalue weighted by atomic mass is 10.1. The highest BCUT2D eigenvalue weighted by Gasteiger charge is 2.24. The van der Waals surface area contributed by atoms with Crippen molar-refractivity contribution in [3.63, 3.8) is 0 Å². The van der Waals surface area contributed by atoms with Gasteiger partial charge in [0.2, 0.25) is 0 Å². The summed E-state index contributed by atoms with van der Waals surface area (Å²) in [5.41, 5.74) is 5.59. The number of nitrogens with zero attached hydrogens (tertiary/aromatic N) is 1. The molecule has 0 aliphatic heterocycles. The molecule has 0 bridgehead atoms. The third-order valence-corrected chi connectivity index (χ3v) is 5.95. The van der Waals surface area contributed by atoms with Gasteiger partial charge in [0.25, 0.3) is 10.1 Å². The summed E-state index contributed by atoms with van der Waals surface area (Å²) in [6.07, 6.45) is 11.1. The Hall–Kier alpha value is -1.11. The first kappa shape index (κ1) is 26.9. The van der Waals surface area contributed by atoms with E-state index in [9.17, 15) is 8.42 Å². The quantitative estimate of drug-likeness (QED) is 0.252. The molecule has 28 heavy (non-hydrogen) atoms. The number of nitrogens with two attached hydrogens (primary N) is 1. The molecular weight excluding hydrogens is 372 g/mol. The highest BCUT2D eigenvalue weighted by Crippen LogP contribution is 2.16. The lowest BCUT2D eigenvalue weighted by Crippen LogP contribution is -2.50. The summed E-state index contributed by atoms with van der Waals surface area (Å²) in [5.74, 6) is 0. The van der Waals surface area contributed by atoms with E-state index in [-0.39, 0.29) is 4.90 Å². The number of nitrogen functional groups attached to an aromatic ring is 1. The second-order valence-electron chi connectivity index (χ2n) is 7.70. The maximum Gasteiger partial charge on any atom is 0.294 e. The van der Waals surface area contributed by atoms with Crippen LogP contribution in [0.3, 0.4) is 0 Å². The largest absolute Gasteiger partial charge is 0.399 e. The second kappa shape index (κ2) is 14.8. The van der Waals surface area contributed by atoms with Crippen molar-refractivity contribution in [3.05, 3.63) is 24.3 Å². The lowest BCUT2D eigenvalue weighted by molar-refractivity contribution is -0.929. The molecule has 0 aromatic heterocycles. The van der Waals surface area contributed by atoms with Gasteiger partial charge in [-0.1, -0.05) is 59.4 Å². The SMILES string of the molecule is CCCC[N+](CCCC)(CCCC)CCCC.Nc1cccc(S(=O)(=O)O)c1. The monoisotopic (exact) mass is 415 g/mol. The zero-order valence-electron chi connectivity index (χ0n) is 18.5. The van der Waals surface area contributed by atoms with Crippen molar-refractivity contribution in [3.8, 4) is 0 Å². The Labute approximate surface area is 173 Å². The van der Waals surface area contributed by atoms with Crippen molar-refractivity contribution in [1.29, 1.82) is 0 Å². The van der Waals surface area contributed by atoms with E-state index in [2.05, 4.69) is 27.7 Å². The Morgan fingerprint density at radius 3 is 1.46 bits per heavy atom. The summed E-state index contributed by atoms with van der Waals surface area (Å²) >= 11 is 0. The molecule has 0 amide bonds. The van der Waals surface area contributed by atoms with Crippen LogP contribution in [-0.4, -0.2) is 43.6 Å². The van der Waals surface area contributed by atoms with E-state index >= 15 is 0 Å². The number of benzene rings is 1. The molecule has 0 aliphatic carbocycles. The van der Waals surface area contributed by atoms with Crippen molar-refractivity contribution in [1.82, 2.24) is 0 Å². The van der Waals surface area contributed by atoms with Gasteiger partial charge >= 0.3 is 0 Å². The van der Waals surface area contributed by atoms with Crippen molar-refractivity contribution in [2.24, 2.45) is 0 Å². The highest BCUT2D eigenvalue weighted by molar-refractivity contribution is 7.85. The Balaban J connectivity index is 0.000000567. The van der Waals surface area contributed by atoms with Gasteiger partial charge in [-0.05, 0) is 43.9 Å². The van der Waals surface area contributed by atoms with Crippen molar-refractivity contribution >= 4 is 15.8 Å². The predicted octanol–water partition coefficient (Wildman–Crippen LogP) is 5.52. The zero-order valence-corrected chi connectivity index (χ0v) is 19.3. The van der Waals surface area contributed by atoms with E-state index in [1.807, 2.05) is 0 Å². The van der Waals surface area contributed by atoms with E-state index in [1.165, 1.54) is 106 Å². The summed E-state index contributed by atoms with van der Waals surface area (Å²) in [6.45, 7) is 15.0. The predicted molar refractivity (Wildman–Crippen MR) is 120 cm³/mol. The molecule has 1 rings (SSSR count). The van der Waals surface area contributed by atoms with Gasteiger partial charge in [-0.25, -0.2) is 0 Å². The van der Waals surface area contributed by atoms with Crippen LogP contribution in [0.2, 0.25) is 0 Å². The van der Waals surface area contributed by atoms with Crippen molar-refractivity contribution in [2.45, 2.75) is 84.0 Å². The Bertz CT molecular complexity index is 580. The first-order valence-electron chi connectivity index (χ1n) is 10.9. The maximum absolute atomic E-state index is 10.5. The van der Waals surface area contributed by atoms with Gasteiger partial charge in [0.15, 0.2) is 0 Å². The summed E-state index contributed by atoms with van der Waals surface area (Å²) in [6, 6.07) is 5.45. The van der Waals surface area contributed by atoms with Gasteiger partial charge in [-0.2, -0.15) is 8.42 Å². The molecule has 5 nitrogen and oxygen atoms in total. The molecule has 0 radical (unpaired) electrons. The van der Waals surface area contributed by atoms with Gasteiger partial charge in [0, 0.05) is 5.69 Å². The molecular formula is C22H43N2O3S+. The lowest BCUT2D eigenvalue weighted by Gasteiger charge is -2.39. The van der Waals surface area contributed by atoms with E-state index in [4.69, 9.17) is 10.3 Å². The van der Waals surface area contributed by atoms with E-state index in [1.54, 1.807) is 0 Å². The summed E-state index contributed by atoms with van der Waals surface area (Å²) in [5, 5.41) is 0. The number of unbranched alkanes of at least 4 members (excludes halogenated alkanes) is 4. The van der Waals surface area contributed by atoms with Crippen LogP contribution in [0.15, 0.2) is 29.2 Å². The molecule has 1 aromatic rings. The minimum atomic E-state index is -4.11. The minimum Gasteiger partial charge on any atom is -0.399 e. The molecule has 0 spiro atoms. The van der Waals surface area contributed by atoms with Crippen LogP contribution < -0.4 is 5.73 Å². The third kappa shape index (κ3) is 11.7. The van der Waals surface area contributed by atoms with Crippen molar-refractivity contribution < 1.29 is 17.5 Å². The molecule has 0 saturated carbocycles. The number of rotatable bonds is 13. The van der Waals surface area contributed by atoms with Crippen molar-refractivity contribution in [2.75, 3.05) is 31.9 Å². The third-order valence-electron chi connectivity index (χ3n) is 5.10. The summed E-state index contributed by atoms with van der Waals surface area (Å²) in [7, 11) is -4.11. The smallest absolute Gasteiger partial charge is 0.294 e. The normalized spacial score (nSPS) is 11.8. The first-order valence-corrected chi connectivity index (χ1v) is 12.4. The van der Waals surface area contributed by atoms with Crippen LogP contribution in [0.1, 0.15) is 79.1 Å². The Morgan fingerprint density at radius 2 is 1.21 bits per heavy atom. The van der Waals surface area contributed by atoms with E-state index in [0.29, 0.717) is 5.69 Å². The molecule has 0 unspecified atom stereocenters. The Kier molecular flexibility index (Phi) is 14.2. The standard InChI is InChI=1S/C16H36N.C6H7NO3S/c1-5-9-13-17(14-10-6-2,15-11-7-3)16-12-8-4;7-5-2-1-3-6(4-5)11(8,9)10/h5-16H2,1-4H3;1-4H,7H2,(H,8,9,10)/q+1;. The second-order valence-corrected chi connectivity index (χ2v) is 9.12. The van der Waals surface area contributed by atoms with E-state index < -0.39 is 10.1 Å². The van der Waals surface area contributed by atoms with Crippen LogP contribution >= 0.6 is 0 Å². The molecule has 3 N–H and O–H groups in total. The average Bonchev–Trinajstić information content (AvgIpc) is 2.67. The highest BCUT2D eigenvalue weighted by atomic mass is 32.2. The molecule has 1 aromatic carbocycles. The number of quaternary nitrogens is 1. The van der Waals surface area contributed by atoms with Gasteiger partial charge < -0.3 is 10.2 Å². The van der Waals surface area contributed by atoms with E-state index in [0.717, 1.165) is 0 Å². The molecule has 0 fully saturated rings. The number of anilines is 1. The average molecular weight is 416 g/mol. The van der Waals surface area contributed by atoms with Gasteiger partial charge in [-0.15, -0.1) is 0 Å². The number of hydrogen-bond donors (Lipinski definition) is 2. The maximum atomic E-state index is 10.5. The molecule has 0 heterocycles. The fraction of sp³-hybridized carbons (Fsp3) is 0.727. The van der Waals surface area contributed by atoms with Gasteiger partial charge in [-0.3, -0.25) is 4.55 Å². The molecule has 0 saturated heterocycles. The van der Waals surface area contributed by atoms with Crippen LogP contribution in [0.25, 0.3) is 0 Å². The van der Waals surface area contributed by atoms with Gasteiger partial charge in [0.05, 0.1) is 31.1 Å². The van der Waals surface area contributed by atoms with Crippen LogP contribution in [0.5, 0.6) is 0 Å². The van der Waals surface area contributed by atoms with Crippen LogP contribution in [0, 0.1) is 0 Å². The van der Waals surface area contributed by atoms with Crippen LogP contribution in [0.4, 0.5) is 5.69 Å². The fourth-order valence-electron chi connectivity index (χ4n) is 3.32. The summed E-state index contributed by atoms with van der Waals surface area (Å²) < 4.78 is 30.9. The first-order chi connectivity index (χ1) is 13.2. The molecule has 164 valence electrons. The molecule has 0 aliphatic rings. The van der Waals surface area contributed by atoms with Crippen LogP contribution in [-0.2, 0) is 10.1 Å². The minimum absolute atomic E-state index is 0.183. The zero-order chi connectivity index (χ0) is 21.5. The number of hydrogen-bond acceptors (Lipinski definition) is 3. The Morgan fingerprint density at radius 1 is 0.821 bits per heavy atom.